The first kappa shape index (κ1) is 17.2. The van der Waals surface area contributed by atoms with Crippen molar-refractivity contribution < 1.29 is 31.5 Å². The largest absolute Gasteiger partial charge is 0.869 e. The van der Waals surface area contributed by atoms with Crippen LogP contribution in [0.15, 0.2) is 21.6 Å². The van der Waals surface area contributed by atoms with Crippen LogP contribution in [0, 0.1) is 0 Å². The summed E-state index contributed by atoms with van der Waals surface area (Å²) in [7, 11) is 0. The molecule has 1 rings (SSSR count). The van der Waals surface area contributed by atoms with Gasteiger partial charge in [-0.25, -0.2) is 0 Å². The Morgan fingerprint density at radius 3 is 1.19 bits per heavy atom. The lowest BCUT2D eigenvalue weighted by Gasteiger charge is -2.23. The highest BCUT2D eigenvalue weighted by Crippen LogP contribution is 2.23. The van der Waals surface area contributed by atoms with Crippen LogP contribution in [-0.4, -0.2) is 11.6 Å². The van der Waals surface area contributed by atoms with E-state index in [0.717, 1.165) is 0 Å². The number of Topliss-reactive ketones (excluding diaryl/α,β-unsaturated/α-hetero) is 2. The summed E-state index contributed by atoms with van der Waals surface area (Å²) in [6.07, 6.45) is 0. The minimum Gasteiger partial charge on any atom is -0.869 e. The molecule has 92 valence electrons. The molecule has 0 aromatic carbocycles. The van der Waals surface area contributed by atoms with Gasteiger partial charge in [0.1, 0.15) is 0 Å². The van der Waals surface area contributed by atoms with Crippen molar-refractivity contribution in [2.75, 3.05) is 0 Å². The number of hydrogen-bond donors (Lipinski definition) is 4. The Kier molecular flexibility index (Phi) is 8.67. The molecule has 0 saturated heterocycles. The molecule has 0 atom stereocenters. The number of halogens is 2. The summed E-state index contributed by atoms with van der Waals surface area (Å²) in [5, 5.41) is 19.6. The van der Waals surface area contributed by atoms with E-state index < -0.39 is 33.1 Å². The van der Waals surface area contributed by atoms with E-state index in [9.17, 15) is 19.8 Å². The Morgan fingerprint density at radius 2 is 1.00 bits per heavy atom. The molecule has 0 saturated carbocycles. The fourth-order valence-corrected chi connectivity index (χ4v) is 0.948. The lowest BCUT2D eigenvalue weighted by Crippen LogP contribution is -2.59. The summed E-state index contributed by atoms with van der Waals surface area (Å²) in [6.45, 7) is 0. The molecule has 0 spiro atoms. The minimum absolute atomic E-state index is 0.894. The monoisotopic (exact) mass is 272 g/mol. The second kappa shape index (κ2) is 8.05. The van der Waals surface area contributed by atoms with Crippen LogP contribution in [-0.2, 0) is 9.59 Å². The molecule has 10 N–H and O–H groups in total. The predicted molar refractivity (Wildman–Crippen MR) is 49.9 cm³/mol. The molecular formula is C6H10Cl2N4O4. The lowest BCUT2D eigenvalue weighted by atomic mass is 10.1. The summed E-state index contributed by atoms with van der Waals surface area (Å²) in [5.74, 6) is 9.08. The van der Waals surface area contributed by atoms with E-state index in [1.54, 1.807) is 0 Å². The fourth-order valence-electron chi connectivity index (χ4n) is 0.605. The van der Waals surface area contributed by atoms with Crippen LogP contribution in [0.4, 0.5) is 0 Å². The highest BCUT2D eigenvalue weighted by Gasteiger charge is 2.22. The van der Waals surface area contributed by atoms with Gasteiger partial charge in [0.2, 0.25) is 0 Å². The second-order valence-electron chi connectivity index (χ2n) is 1.94. The van der Waals surface area contributed by atoms with Crippen molar-refractivity contribution in [2.45, 2.75) is 0 Å². The molecule has 16 heavy (non-hydrogen) atoms. The molecule has 0 amide bonds. The molecular weight excluding hydrogens is 263 g/mol. The Bertz CT molecular complexity index is 290. The van der Waals surface area contributed by atoms with Gasteiger partial charge in [0.05, 0.1) is 10.1 Å². The van der Waals surface area contributed by atoms with Crippen LogP contribution in [0.25, 0.3) is 0 Å². The number of ketones is 2. The SMILES string of the molecule is N[NH3+].N[NH3+].O=C1C([O-])=C(Cl)C(=O)C([O-])=C1Cl. The third-order valence-electron chi connectivity index (χ3n) is 1.21. The quantitative estimate of drug-likeness (QED) is 0.194. The summed E-state index contributed by atoms with van der Waals surface area (Å²) < 4.78 is 0. The van der Waals surface area contributed by atoms with Crippen LogP contribution in [0.2, 0.25) is 0 Å². The Hall–Kier alpha value is -1.16. The van der Waals surface area contributed by atoms with Crippen LogP contribution in [0.3, 0.4) is 0 Å². The first-order chi connectivity index (χ1) is 7.46. The summed E-state index contributed by atoms with van der Waals surface area (Å²) >= 11 is 10.2. The van der Waals surface area contributed by atoms with Gasteiger partial charge in [0.15, 0.2) is 11.6 Å². The first-order valence-electron chi connectivity index (χ1n) is 3.51. The molecule has 0 heterocycles. The maximum atomic E-state index is 10.7. The van der Waals surface area contributed by atoms with Crippen LogP contribution in [0.1, 0.15) is 0 Å². The Labute approximate surface area is 100 Å². The molecule has 10 heteroatoms. The zero-order valence-electron chi connectivity index (χ0n) is 7.96. The van der Waals surface area contributed by atoms with E-state index in [0.29, 0.717) is 0 Å². The summed E-state index contributed by atoms with van der Waals surface area (Å²) in [4.78, 5) is 21.4. The number of carbonyl (C=O) groups is 2. The summed E-state index contributed by atoms with van der Waals surface area (Å²) in [6, 6.07) is 0. The zero-order chi connectivity index (χ0) is 13.5. The van der Waals surface area contributed by atoms with E-state index >= 15 is 0 Å². The Morgan fingerprint density at radius 1 is 0.812 bits per heavy atom. The van der Waals surface area contributed by atoms with Crippen molar-refractivity contribution in [1.82, 2.24) is 0 Å². The third kappa shape index (κ3) is 3.45. The van der Waals surface area contributed by atoms with Gasteiger partial charge in [0.25, 0.3) is 0 Å². The van der Waals surface area contributed by atoms with Crippen molar-refractivity contribution in [2.24, 2.45) is 11.7 Å². The fraction of sp³-hybridized carbons (Fsp3) is 0. The van der Waals surface area contributed by atoms with E-state index in [1.807, 2.05) is 0 Å². The van der Waals surface area contributed by atoms with E-state index in [4.69, 9.17) is 23.2 Å². The number of allylic oxidation sites excluding steroid dienone is 2. The van der Waals surface area contributed by atoms with E-state index in [1.165, 1.54) is 0 Å². The van der Waals surface area contributed by atoms with Gasteiger partial charge in [-0.3, -0.25) is 21.3 Å². The maximum absolute atomic E-state index is 10.7. The minimum atomic E-state index is -1.23. The van der Waals surface area contributed by atoms with E-state index in [2.05, 4.69) is 23.4 Å². The number of hydrogen-bond acceptors (Lipinski definition) is 6. The number of rotatable bonds is 0. The van der Waals surface area contributed by atoms with Gasteiger partial charge < -0.3 is 10.2 Å². The lowest BCUT2D eigenvalue weighted by molar-refractivity contribution is -0.379. The molecule has 0 radical (unpaired) electrons. The molecule has 1 aliphatic carbocycles. The average molecular weight is 273 g/mol. The van der Waals surface area contributed by atoms with Gasteiger partial charge in [0, 0.05) is 0 Å². The van der Waals surface area contributed by atoms with Crippen LogP contribution >= 0.6 is 23.2 Å². The highest BCUT2D eigenvalue weighted by molar-refractivity contribution is 6.55. The molecule has 0 aromatic rings. The first-order valence-corrected chi connectivity index (χ1v) is 4.27. The van der Waals surface area contributed by atoms with Gasteiger partial charge >= 0.3 is 0 Å². The smallest absolute Gasteiger partial charge is 0.190 e. The number of quaternary nitrogens is 2. The normalized spacial score (nSPS) is 15.1. The highest BCUT2D eigenvalue weighted by atomic mass is 35.5. The molecule has 0 bridgehead atoms. The van der Waals surface area contributed by atoms with Crippen LogP contribution < -0.4 is 33.6 Å². The van der Waals surface area contributed by atoms with Crippen LogP contribution in [0.5, 0.6) is 0 Å². The molecule has 1 aliphatic rings. The number of nitrogens with two attached hydrogens (primary N) is 2. The number of carbonyl (C=O) groups excluding carboxylic acids is 2. The molecule has 8 nitrogen and oxygen atoms in total. The topological polar surface area (TPSA) is 188 Å². The van der Waals surface area contributed by atoms with Gasteiger partial charge in [-0.05, 0) is 11.5 Å². The third-order valence-corrected chi connectivity index (χ3v) is 1.90. The van der Waals surface area contributed by atoms with Gasteiger partial charge in [-0.1, -0.05) is 23.2 Å². The standard InChI is InChI=1S/C6H2Cl2O4.2H4N2/c7-1-3(9)5(11)2(8)6(12)4(1)10;2*1-2/h9,12H;2*1-2H2. The maximum Gasteiger partial charge on any atom is 0.190 e. The zero-order valence-corrected chi connectivity index (χ0v) is 9.47. The van der Waals surface area contributed by atoms with Gasteiger partial charge in [-0.15, -0.1) is 0 Å². The van der Waals surface area contributed by atoms with Crippen molar-refractivity contribution in [3.05, 3.63) is 21.6 Å². The van der Waals surface area contributed by atoms with Crippen molar-refractivity contribution in [3.63, 3.8) is 0 Å². The molecule has 0 aromatic heterocycles. The van der Waals surface area contributed by atoms with Gasteiger partial charge in [-0.2, -0.15) is 11.7 Å². The molecule has 0 aliphatic heterocycles. The summed E-state index contributed by atoms with van der Waals surface area (Å²) in [5.41, 5.74) is 0. The van der Waals surface area contributed by atoms with Crippen molar-refractivity contribution in [1.29, 1.82) is 0 Å². The molecule has 0 fully saturated rings. The average Bonchev–Trinajstić information content (AvgIpc) is 2.36. The van der Waals surface area contributed by atoms with Crippen molar-refractivity contribution >= 4 is 34.8 Å². The molecule has 0 unspecified atom stereocenters. The Balaban J connectivity index is 0. The van der Waals surface area contributed by atoms with E-state index in [-0.39, 0.29) is 0 Å². The predicted octanol–water partition coefficient (Wildman–Crippen LogP) is -5.04. The van der Waals surface area contributed by atoms with Crippen molar-refractivity contribution in [3.8, 4) is 0 Å². The second-order valence-corrected chi connectivity index (χ2v) is 2.70.